The van der Waals surface area contributed by atoms with Crippen molar-refractivity contribution in [3.63, 3.8) is 0 Å². The molecule has 0 bridgehead atoms. The average molecular weight is 242 g/mol. The van der Waals surface area contributed by atoms with E-state index in [9.17, 15) is 4.79 Å². The topological polar surface area (TPSA) is 62.1 Å². The van der Waals surface area contributed by atoms with Gasteiger partial charge in [0.25, 0.3) is 0 Å². The Balaban J connectivity index is 2.82. The molecule has 0 radical (unpaired) electrons. The maximum absolute atomic E-state index is 11.4. The van der Waals surface area contributed by atoms with Crippen LogP contribution in [0.1, 0.15) is 22.2 Å². The quantitative estimate of drug-likeness (QED) is 0.646. The van der Waals surface area contributed by atoms with Crippen LogP contribution in [0.4, 0.5) is 0 Å². The maximum Gasteiger partial charge on any atom is 0.367 e. The summed E-state index contributed by atoms with van der Waals surface area (Å²) in [6, 6.07) is 3.59. The van der Waals surface area contributed by atoms with Gasteiger partial charge in [-0.3, -0.25) is 0 Å². The largest absolute Gasteiger partial charge is 0.367 e. The zero-order chi connectivity index (χ0) is 11.3. The first kappa shape index (κ1) is 12.0. The van der Waals surface area contributed by atoms with Crippen LogP contribution in [0.25, 0.3) is 0 Å². The highest BCUT2D eigenvalue weighted by atomic mass is 32.2. The van der Waals surface area contributed by atoms with Crippen LogP contribution in [-0.2, 0) is 4.84 Å². The molecule has 0 unspecified atom stereocenters. The summed E-state index contributed by atoms with van der Waals surface area (Å²) in [5.41, 5.74) is 3.00. The van der Waals surface area contributed by atoms with Crippen molar-refractivity contribution in [2.24, 2.45) is 0 Å². The Morgan fingerprint density at radius 1 is 1.80 bits per heavy atom. The third-order valence-corrected chi connectivity index (χ3v) is 3.76. The molecule has 1 N–H and O–H groups in total. The first-order valence-electron chi connectivity index (χ1n) is 4.24. The van der Waals surface area contributed by atoms with Crippen molar-refractivity contribution in [1.82, 2.24) is 5.48 Å². The number of thiophene rings is 1. The molecule has 0 aliphatic carbocycles. The number of carbonyl (C=O) groups is 1. The monoisotopic (exact) mass is 242 g/mol. The molecule has 1 aromatic heterocycles. The summed E-state index contributed by atoms with van der Waals surface area (Å²) in [4.78, 5) is 16.6. The molecule has 1 heterocycles. The van der Waals surface area contributed by atoms with Gasteiger partial charge in [-0.25, -0.2) is 4.79 Å². The third-order valence-electron chi connectivity index (χ3n) is 1.51. The molecule has 0 spiro atoms. The van der Waals surface area contributed by atoms with Crippen molar-refractivity contribution >= 4 is 29.1 Å². The highest BCUT2D eigenvalue weighted by Crippen LogP contribution is 2.30. The number of thioether (sulfide) groups is 1. The van der Waals surface area contributed by atoms with Gasteiger partial charge in [0.05, 0.1) is 9.77 Å². The van der Waals surface area contributed by atoms with Crippen LogP contribution < -0.4 is 5.48 Å². The molecule has 0 fully saturated rings. The third kappa shape index (κ3) is 2.96. The Morgan fingerprint density at radius 2 is 2.53 bits per heavy atom. The Morgan fingerprint density at radius 3 is 3.00 bits per heavy atom. The summed E-state index contributed by atoms with van der Waals surface area (Å²) in [5, 5.41) is 8.80. The van der Waals surface area contributed by atoms with Crippen LogP contribution in [0, 0.1) is 11.3 Å². The summed E-state index contributed by atoms with van der Waals surface area (Å²) in [7, 11) is 0. The molecule has 0 aliphatic heterocycles. The van der Waals surface area contributed by atoms with Crippen LogP contribution >= 0.6 is 23.1 Å². The molecule has 0 atom stereocenters. The van der Waals surface area contributed by atoms with Crippen LogP contribution in [0.2, 0.25) is 0 Å². The molecule has 0 aromatic carbocycles. The van der Waals surface area contributed by atoms with Crippen molar-refractivity contribution in [2.75, 3.05) is 12.8 Å². The molecular formula is C9H10N2O2S2. The van der Waals surface area contributed by atoms with E-state index in [2.05, 4.69) is 5.48 Å². The molecule has 0 saturated carbocycles. The van der Waals surface area contributed by atoms with Crippen molar-refractivity contribution < 1.29 is 9.63 Å². The maximum atomic E-state index is 11.4. The Hall–Kier alpha value is -1.03. The molecule has 1 aromatic rings. The molecule has 6 heteroatoms. The minimum Gasteiger partial charge on any atom is -0.366 e. The van der Waals surface area contributed by atoms with Gasteiger partial charge in [-0.1, -0.05) is 0 Å². The van der Waals surface area contributed by atoms with Crippen LogP contribution in [0.3, 0.4) is 0 Å². The summed E-state index contributed by atoms with van der Waals surface area (Å²) in [5.74, 6) is -0.446. The lowest BCUT2D eigenvalue weighted by atomic mass is 10.3. The fraction of sp³-hybridized carbons (Fsp3) is 0.333. The molecule has 80 valence electrons. The van der Waals surface area contributed by atoms with Crippen molar-refractivity contribution in [1.29, 1.82) is 5.26 Å². The Labute approximate surface area is 96.2 Å². The number of rotatable bonds is 4. The lowest BCUT2D eigenvalue weighted by Crippen LogP contribution is -2.18. The van der Waals surface area contributed by atoms with Gasteiger partial charge in [0.2, 0.25) is 0 Å². The summed E-state index contributed by atoms with van der Waals surface area (Å²) >= 11 is 2.72. The van der Waals surface area contributed by atoms with Gasteiger partial charge >= 0.3 is 5.97 Å². The highest BCUT2D eigenvalue weighted by Gasteiger charge is 2.15. The van der Waals surface area contributed by atoms with Crippen molar-refractivity contribution in [3.8, 4) is 6.07 Å². The number of nitrogens with one attached hydrogen (secondary N) is 1. The van der Waals surface area contributed by atoms with Gasteiger partial charge in [-0.15, -0.1) is 23.1 Å². The van der Waals surface area contributed by atoms with E-state index in [4.69, 9.17) is 10.1 Å². The van der Waals surface area contributed by atoms with Gasteiger partial charge in [-0.05, 0) is 19.2 Å². The molecule has 1 rings (SSSR count). The number of nitrogens with zero attached hydrogens (tertiary/aromatic N) is 1. The van der Waals surface area contributed by atoms with Gasteiger partial charge in [0.15, 0.2) is 0 Å². The number of carbonyl (C=O) groups excluding carboxylic acids is 1. The molecule has 4 nitrogen and oxygen atoms in total. The molecule has 15 heavy (non-hydrogen) atoms. The lowest BCUT2D eigenvalue weighted by Gasteiger charge is -1.99. The first-order valence-corrected chi connectivity index (χ1v) is 6.29. The highest BCUT2D eigenvalue weighted by molar-refractivity contribution is 8.00. The zero-order valence-electron chi connectivity index (χ0n) is 8.36. The predicted molar refractivity (Wildman–Crippen MR) is 59.9 cm³/mol. The number of hydrogen-bond acceptors (Lipinski definition) is 6. The lowest BCUT2D eigenvalue weighted by molar-refractivity contribution is 0.0271. The minimum atomic E-state index is -0.446. The Bertz CT molecular complexity index is 395. The van der Waals surface area contributed by atoms with E-state index >= 15 is 0 Å². The molecule has 0 amide bonds. The second-order valence-corrected chi connectivity index (χ2v) is 4.64. The SMILES string of the molecule is CCNOC(=O)c1cc(C#N)c(SC)s1. The van der Waals surface area contributed by atoms with E-state index in [0.717, 1.165) is 4.21 Å². The summed E-state index contributed by atoms with van der Waals surface area (Å²) in [6.45, 7) is 2.38. The van der Waals surface area contributed by atoms with Gasteiger partial charge in [-0.2, -0.15) is 10.7 Å². The van der Waals surface area contributed by atoms with E-state index in [1.165, 1.54) is 23.1 Å². The number of hydroxylamine groups is 1. The van der Waals surface area contributed by atoms with E-state index in [1.54, 1.807) is 6.07 Å². The van der Waals surface area contributed by atoms with Crippen molar-refractivity contribution in [3.05, 3.63) is 16.5 Å². The van der Waals surface area contributed by atoms with E-state index < -0.39 is 5.97 Å². The first-order chi connectivity index (χ1) is 7.22. The van der Waals surface area contributed by atoms with E-state index in [0.29, 0.717) is 17.0 Å². The van der Waals surface area contributed by atoms with Crippen LogP contribution in [0.5, 0.6) is 0 Å². The fourth-order valence-electron chi connectivity index (χ4n) is 0.892. The van der Waals surface area contributed by atoms with Gasteiger partial charge in [0.1, 0.15) is 10.9 Å². The predicted octanol–water partition coefficient (Wildman–Crippen LogP) is 2.02. The second-order valence-electron chi connectivity index (χ2n) is 2.52. The molecule has 0 saturated heterocycles. The van der Waals surface area contributed by atoms with Crippen LogP contribution in [0.15, 0.2) is 10.3 Å². The molecular weight excluding hydrogens is 232 g/mol. The zero-order valence-corrected chi connectivity index (χ0v) is 10.00. The smallest absolute Gasteiger partial charge is 0.366 e. The minimum absolute atomic E-state index is 0.442. The van der Waals surface area contributed by atoms with Crippen molar-refractivity contribution in [2.45, 2.75) is 11.1 Å². The van der Waals surface area contributed by atoms with E-state index in [-0.39, 0.29) is 0 Å². The second kappa shape index (κ2) is 5.75. The standard InChI is InChI=1S/C9H10N2O2S2/c1-3-11-13-8(12)7-4-6(5-10)9(14-2)15-7/h4,11H,3H2,1-2H3. The van der Waals surface area contributed by atoms with Crippen LogP contribution in [-0.4, -0.2) is 18.8 Å². The van der Waals surface area contributed by atoms with Gasteiger partial charge in [0, 0.05) is 6.54 Å². The normalized spacial score (nSPS) is 9.67. The average Bonchev–Trinajstić information content (AvgIpc) is 2.68. The number of hydrogen-bond donors (Lipinski definition) is 1. The Kier molecular flexibility index (Phi) is 4.62. The van der Waals surface area contributed by atoms with E-state index in [1.807, 2.05) is 19.2 Å². The fourth-order valence-corrected chi connectivity index (χ4v) is 2.54. The van der Waals surface area contributed by atoms with Gasteiger partial charge < -0.3 is 4.84 Å². The summed E-state index contributed by atoms with van der Waals surface area (Å²) < 4.78 is 0.834. The molecule has 0 aliphatic rings. The summed E-state index contributed by atoms with van der Waals surface area (Å²) in [6.07, 6.45) is 1.87. The number of nitriles is 1.